The van der Waals surface area contributed by atoms with Gasteiger partial charge in [-0.3, -0.25) is 24.6 Å². The number of benzene rings is 3. The summed E-state index contributed by atoms with van der Waals surface area (Å²) in [5.41, 5.74) is 11.8. The quantitative estimate of drug-likeness (QED) is 0.159. The molecule has 14 nitrogen and oxygen atoms in total. The number of fused-ring (bicyclic) bond motifs is 3. The number of rotatable bonds is 9. The van der Waals surface area contributed by atoms with Crippen LogP contribution in [0.3, 0.4) is 0 Å². The number of halogens is 1. The van der Waals surface area contributed by atoms with Crippen LogP contribution >= 0.6 is 0 Å². The first-order chi connectivity index (χ1) is 27.6. The molecular weight excluding hydrogens is 730 g/mol. The number of amides is 3. The lowest BCUT2D eigenvalue weighted by atomic mass is 9.74. The molecule has 3 fully saturated rings. The van der Waals surface area contributed by atoms with Crippen LogP contribution in [0.2, 0.25) is 0 Å². The predicted octanol–water partition coefficient (Wildman–Crippen LogP) is 5.46. The Morgan fingerprint density at radius 1 is 1.04 bits per heavy atom. The number of nitrogens with zero attached hydrogens (tertiary/aromatic N) is 6. The molecule has 3 aliphatic rings. The van der Waals surface area contributed by atoms with E-state index in [1.807, 2.05) is 18.2 Å². The van der Waals surface area contributed by atoms with Gasteiger partial charge in [-0.25, -0.2) is 14.4 Å². The number of carbonyl (C=O) groups excluding carboxylic acids is 3. The van der Waals surface area contributed by atoms with Crippen LogP contribution in [0.1, 0.15) is 89.1 Å². The molecule has 4 N–H and O–H groups in total. The van der Waals surface area contributed by atoms with Crippen molar-refractivity contribution < 1.29 is 28.0 Å². The largest absolute Gasteiger partial charge is 0.495 e. The van der Waals surface area contributed by atoms with Gasteiger partial charge in [-0.15, -0.1) is 0 Å². The van der Waals surface area contributed by atoms with Crippen LogP contribution in [0.5, 0.6) is 5.75 Å². The Bertz CT molecular complexity index is 2550. The fourth-order valence-electron chi connectivity index (χ4n) is 8.85. The van der Waals surface area contributed by atoms with Gasteiger partial charge in [-0.1, -0.05) is 35.5 Å². The number of imide groups is 1. The fourth-order valence-corrected chi connectivity index (χ4v) is 8.85. The third-order valence-corrected chi connectivity index (χ3v) is 12.2. The van der Waals surface area contributed by atoms with E-state index in [2.05, 4.69) is 58.4 Å². The molecule has 5 heterocycles. The molecule has 0 radical (unpaired) electrons. The van der Waals surface area contributed by atoms with Gasteiger partial charge >= 0.3 is 0 Å². The molecule has 6 aromatic rings. The van der Waals surface area contributed by atoms with Crippen LogP contribution in [0.4, 0.5) is 10.1 Å². The average molecular weight is 772 g/mol. The van der Waals surface area contributed by atoms with Gasteiger partial charge in [0.05, 0.1) is 41.2 Å². The number of hydrogen-bond acceptors (Lipinski definition) is 11. The highest BCUT2D eigenvalue weighted by atomic mass is 19.1. The van der Waals surface area contributed by atoms with Crippen molar-refractivity contribution in [3.05, 3.63) is 94.6 Å². The second kappa shape index (κ2) is 14.4. The Labute approximate surface area is 327 Å². The van der Waals surface area contributed by atoms with Crippen LogP contribution in [0.15, 0.2) is 59.4 Å². The van der Waals surface area contributed by atoms with Crippen molar-refractivity contribution in [1.29, 1.82) is 0 Å². The Morgan fingerprint density at radius 3 is 2.49 bits per heavy atom. The number of anilines is 1. The molecule has 2 atom stereocenters. The molecule has 1 aliphatic carbocycles. The minimum Gasteiger partial charge on any atom is -0.495 e. The molecule has 1 saturated carbocycles. The smallest absolute Gasteiger partial charge is 0.290 e. The summed E-state index contributed by atoms with van der Waals surface area (Å²) in [6, 6.07) is 16.5. The van der Waals surface area contributed by atoms with Crippen molar-refractivity contribution in [2.75, 3.05) is 38.2 Å². The van der Waals surface area contributed by atoms with Crippen molar-refractivity contribution in [2.45, 2.75) is 63.3 Å². The van der Waals surface area contributed by atoms with Crippen LogP contribution in [0, 0.1) is 12.7 Å². The first-order valence-corrected chi connectivity index (χ1v) is 19.3. The van der Waals surface area contributed by atoms with Crippen molar-refractivity contribution in [1.82, 2.24) is 35.3 Å². The molecule has 57 heavy (non-hydrogen) atoms. The van der Waals surface area contributed by atoms with Gasteiger partial charge in [0.2, 0.25) is 17.7 Å². The summed E-state index contributed by atoms with van der Waals surface area (Å²) < 4.78 is 27.5. The molecule has 0 bridgehead atoms. The third-order valence-electron chi connectivity index (χ3n) is 12.2. The SMILES string of the molecule is COc1cc2c(cc1N1CCN(C3CC(c4ccc([C@H]5CCC(=O)NC5=O)cc4)C3)CC1)[nH]c1ncnc(-c3ccc([C@@H](C)c4nc(C(N)=O)no4)c(C)c3F)c12. The summed E-state index contributed by atoms with van der Waals surface area (Å²) in [6.07, 6.45) is 4.57. The Balaban J connectivity index is 0.897. The van der Waals surface area contributed by atoms with E-state index < -0.39 is 17.6 Å². The molecule has 9 rings (SSSR count). The van der Waals surface area contributed by atoms with Gasteiger partial charge in [0.15, 0.2) is 0 Å². The van der Waals surface area contributed by atoms with Crippen molar-refractivity contribution in [3.63, 3.8) is 0 Å². The average Bonchev–Trinajstić information content (AvgIpc) is 3.84. The number of piperazine rings is 1. The Morgan fingerprint density at radius 2 is 1.79 bits per heavy atom. The zero-order chi connectivity index (χ0) is 39.5. The number of ether oxygens (including phenoxy) is 1. The number of piperidine rings is 1. The Kier molecular flexibility index (Phi) is 9.18. The lowest BCUT2D eigenvalue weighted by Crippen LogP contribution is -2.53. The normalized spacial score (nSPS) is 20.8. The number of aromatic nitrogens is 5. The number of primary amides is 1. The molecule has 292 valence electrons. The summed E-state index contributed by atoms with van der Waals surface area (Å²) in [7, 11) is 1.66. The summed E-state index contributed by atoms with van der Waals surface area (Å²) in [5, 5.41) is 7.60. The van der Waals surface area contributed by atoms with Crippen LogP contribution in [-0.4, -0.2) is 87.0 Å². The minimum absolute atomic E-state index is 0.161. The van der Waals surface area contributed by atoms with Crippen LogP contribution in [0.25, 0.3) is 33.2 Å². The number of methoxy groups -OCH3 is 1. The summed E-state index contributed by atoms with van der Waals surface area (Å²) >= 11 is 0. The minimum atomic E-state index is -0.803. The lowest BCUT2D eigenvalue weighted by Gasteiger charge is -2.47. The molecule has 0 spiro atoms. The second-order valence-corrected chi connectivity index (χ2v) is 15.3. The first kappa shape index (κ1) is 36.4. The molecule has 3 aromatic heterocycles. The molecular formula is C42H42FN9O5. The van der Waals surface area contributed by atoms with E-state index in [1.54, 1.807) is 33.1 Å². The Hall–Kier alpha value is -6.22. The predicted molar refractivity (Wildman–Crippen MR) is 210 cm³/mol. The van der Waals surface area contributed by atoms with Crippen molar-refractivity contribution >= 4 is 45.3 Å². The summed E-state index contributed by atoms with van der Waals surface area (Å²) in [5.74, 6) is -1.24. The highest BCUT2D eigenvalue weighted by Crippen LogP contribution is 2.43. The summed E-state index contributed by atoms with van der Waals surface area (Å²) in [6.45, 7) is 7.04. The number of nitrogens with two attached hydrogens (primary N) is 1. The number of nitrogens with one attached hydrogen (secondary N) is 2. The van der Waals surface area contributed by atoms with E-state index in [0.717, 1.165) is 61.2 Å². The number of carbonyl (C=O) groups is 3. The van der Waals surface area contributed by atoms with E-state index in [-0.39, 0.29) is 29.4 Å². The van der Waals surface area contributed by atoms with E-state index in [1.165, 1.54) is 11.9 Å². The van der Waals surface area contributed by atoms with Gasteiger partial charge < -0.3 is 24.9 Å². The maximum atomic E-state index is 16.3. The maximum absolute atomic E-state index is 16.3. The fraction of sp³-hybridized carbons (Fsp3) is 0.357. The lowest BCUT2D eigenvalue weighted by molar-refractivity contribution is -0.134. The van der Waals surface area contributed by atoms with E-state index in [9.17, 15) is 14.4 Å². The second-order valence-electron chi connectivity index (χ2n) is 15.3. The molecule has 2 aliphatic heterocycles. The molecule has 15 heteroatoms. The first-order valence-electron chi connectivity index (χ1n) is 19.3. The monoisotopic (exact) mass is 771 g/mol. The summed E-state index contributed by atoms with van der Waals surface area (Å²) in [4.78, 5) is 56.9. The standard InChI is InChI=1S/C42H42FN9O5/c1-21-27(22(2)42-49-40(38(44)54)50-57-42)8-9-29(36(21)43)37-35-30-18-33(56-3)32(19-31(30)47-39(35)46-20-45-37)52-14-12-51(13-15-52)26-16-25(17-26)23-4-6-24(7-5-23)28-10-11-34(53)48-41(28)55/h4-9,18-20,22,25-26,28H,10-17H2,1-3H3,(H2,44,54)(H,45,46,47)(H,48,53,55)/t22-,25?,26?,28-/m1/s1. The molecule has 3 amide bonds. The van der Waals surface area contributed by atoms with Gasteiger partial charge in [0.1, 0.15) is 23.5 Å². The maximum Gasteiger partial charge on any atom is 0.290 e. The molecule has 2 saturated heterocycles. The van der Waals surface area contributed by atoms with Gasteiger partial charge in [0.25, 0.3) is 11.7 Å². The highest BCUT2D eigenvalue weighted by Gasteiger charge is 2.37. The van der Waals surface area contributed by atoms with Gasteiger partial charge in [0, 0.05) is 49.6 Å². The van der Waals surface area contributed by atoms with Crippen molar-refractivity contribution in [2.24, 2.45) is 5.73 Å². The number of hydrogen-bond donors (Lipinski definition) is 3. The van der Waals surface area contributed by atoms with Crippen molar-refractivity contribution in [3.8, 4) is 17.0 Å². The number of H-pyrrole nitrogens is 1. The van der Waals surface area contributed by atoms with E-state index >= 15 is 4.39 Å². The van der Waals surface area contributed by atoms with Gasteiger partial charge in [-0.2, -0.15) is 4.98 Å². The zero-order valence-corrected chi connectivity index (χ0v) is 31.8. The number of aromatic amines is 1. The van der Waals surface area contributed by atoms with Gasteiger partial charge in [-0.05, 0) is 79.5 Å². The van der Waals surface area contributed by atoms with E-state index in [0.29, 0.717) is 64.0 Å². The van der Waals surface area contributed by atoms with Crippen LogP contribution < -0.4 is 20.7 Å². The third kappa shape index (κ3) is 6.45. The zero-order valence-electron chi connectivity index (χ0n) is 31.8. The van der Waals surface area contributed by atoms with E-state index in [4.69, 9.17) is 15.0 Å². The molecule has 3 aromatic carbocycles. The topological polar surface area (TPSA) is 185 Å². The molecule has 0 unspecified atom stereocenters. The van der Waals surface area contributed by atoms with Crippen LogP contribution in [-0.2, 0) is 9.59 Å². The highest BCUT2D eigenvalue weighted by molar-refractivity contribution is 6.13.